The highest BCUT2D eigenvalue weighted by atomic mass is 35.5. The standard InChI is InChI=1S/C13H18ClN3O3S/c14-11-1-2-13(15-9-11)16-4-6-17(7-5-16)21(18,19)12-3-8-20-10-12/h1-2,9,12H,3-8,10H2. The molecule has 0 aliphatic carbocycles. The SMILES string of the molecule is O=S(=O)(C1CCOC1)N1CCN(c2ccc(Cl)cn2)CC1. The van der Waals surface area contributed by atoms with E-state index in [1.165, 1.54) is 0 Å². The second-order valence-corrected chi connectivity index (χ2v) is 7.90. The third kappa shape index (κ3) is 3.15. The minimum absolute atomic E-state index is 0.321. The number of halogens is 1. The van der Waals surface area contributed by atoms with Crippen LogP contribution in [0.15, 0.2) is 18.3 Å². The van der Waals surface area contributed by atoms with E-state index in [2.05, 4.69) is 9.88 Å². The predicted octanol–water partition coefficient (Wildman–Crippen LogP) is 0.976. The van der Waals surface area contributed by atoms with E-state index >= 15 is 0 Å². The molecule has 0 N–H and O–H groups in total. The molecule has 3 heterocycles. The van der Waals surface area contributed by atoms with E-state index < -0.39 is 10.0 Å². The van der Waals surface area contributed by atoms with Gasteiger partial charge in [0, 0.05) is 39.0 Å². The first kappa shape index (κ1) is 15.0. The van der Waals surface area contributed by atoms with Crippen LogP contribution in [0.4, 0.5) is 5.82 Å². The van der Waals surface area contributed by atoms with Crippen molar-refractivity contribution in [2.24, 2.45) is 0 Å². The molecule has 2 saturated heterocycles. The number of anilines is 1. The number of aromatic nitrogens is 1. The third-order valence-corrected chi connectivity index (χ3v) is 6.47. The normalized spacial score (nSPS) is 24.4. The molecule has 0 amide bonds. The van der Waals surface area contributed by atoms with Gasteiger partial charge in [-0.05, 0) is 18.6 Å². The molecule has 2 aliphatic rings. The van der Waals surface area contributed by atoms with Crippen LogP contribution in [0.1, 0.15) is 6.42 Å². The summed E-state index contributed by atoms with van der Waals surface area (Å²) >= 11 is 5.83. The molecule has 0 spiro atoms. The number of hydrogen-bond donors (Lipinski definition) is 0. The largest absolute Gasteiger partial charge is 0.380 e. The van der Waals surface area contributed by atoms with Gasteiger partial charge >= 0.3 is 0 Å². The molecule has 1 aromatic rings. The van der Waals surface area contributed by atoms with Crippen molar-refractivity contribution in [3.05, 3.63) is 23.4 Å². The van der Waals surface area contributed by atoms with Crippen LogP contribution in [-0.2, 0) is 14.8 Å². The van der Waals surface area contributed by atoms with Crippen LogP contribution in [0.25, 0.3) is 0 Å². The molecular weight excluding hydrogens is 314 g/mol. The number of nitrogens with zero attached hydrogens (tertiary/aromatic N) is 3. The van der Waals surface area contributed by atoms with Gasteiger partial charge in [-0.15, -0.1) is 0 Å². The van der Waals surface area contributed by atoms with E-state index in [1.54, 1.807) is 16.6 Å². The van der Waals surface area contributed by atoms with Crippen molar-refractivity contribution in [2.45, 2.75) is 11.7 Å². The van der Waals surface area contributed by atoms with Crippen LogP contribution in [0.3, 0.4) is 0 Å². The van der Waals surface area contributed by atoms with Gasteiger partial charge in [-0.25, -0.2) is 13.4 Å². The van der Waals surface area contributed by atoms with Crippen molar-refractivity contribution >= 4 is 27.4 Å². The molecule has 1 atom stereocenters. The summed E-state index contributed by atoms with van der Waals surface area (Å²) in [6, 6.07) is 3.65. The average molecular weight is 332 g/mol. The number of rotatable bonds is 3. The van der Waals surface area contributed by atoms with Crippen molar-refractivity contribution in [3.8, 4) is 0 Å². The molecule has 1 unspecified atom stereocenters. The Morgan fingerprint density at radius 2 is 2.00 bits per heavy atom. The van der Waals surface area contributed by atoms with Gasteiger partial charge < -0.3 is 9.64 Å². The maximum atomic E-state index is 12.5. The smallest absolute Gasteiger partial charge is 0.219 e. The topological polar surface area (TPSA) is 62.7 Å². The lowest BCUT2D eigenvalue weighted by Gasteiger charge is -2.35. The predicted molar refractivity (Wildman–Crippen MR) is 81.2 cm³/mol. The summed E-state index contributed by atoms with van der Waals surface area (Å²) in [5.74, 6) is 0.834. The Kier molecular flexibility index (Phi) is 4.35. The van der Waals surface area contributed by atoms with Gasteiger partial charge in [-0.3, -0.25) is 0 Å². The summed E-state index contributed by atoms with van der Waals surface area (Å²) in [6.45, 7) is 3.12. The van der Waals surface area contributed by atoms with Gasteiger partial charge in [-0.2, -0.15) is 4.31 Å². The molecule has 0 radical (unpaired) electrons. The lowest BCUT2D eigenvalue weighted by molar-refractivity contribution is 0.197. The van der Waals surface area contributed by atoms with Crippen molar-refractivity contribution in [1.29, 1.82) is 0 Å². The minimum Gasteiger partial charge on any atom is -0.380 e. The molecule has 21 heavy (non-hydrogen) atoms. The van der Waals surface area contributed by atoms with Gasteiger partial charge in [0.25, 0.3) is 0 Å². The molecule has 6 nitrogen and oxygen atoms in total. The minimum atomic E-state index is -3.23. The van der Waals surface area contributed by atoms with E-state index in [0.29, 0.717) is 50.8 Å². The fraction of sp³-hybridized carbons (Fsp3) is 0.615. The van der Waals surface area contributed by atoms with E-state index in [-0.39, 0.29) is 5.25 Å². The molecule has 2 fully saturated rings. The zero-order valence-electron chi connectivity index (χ0n) is 11.6. The van der Waals surface area contributed by atoms with E-state index in [1.807, 2.05) is 6.07 Å². The molecule has 0 bridgehead atoms. The molecule has 116 valence electrons. The molecule has 0 saturated carbocycles. The van der Waals surface area contributed by atoms with Gasteiger partial charge in [0.1, 0.15) is 11.1 Å². The summed E-state index contributed by atoms with van der Waals surface area (Å²) < 4.78 is 31.7. The summed E-state index contributed by atoms with van der Waals surface area (Å²) in [5, 5.41) is 0.221. The van der Waals surface area contributed by atoms with Crippen LogP contribution in [0.2, 0.25) is 5.02 Å². The number of ether oxygens (including phenoxy) is 1. The Labute approximate surface area is 129 Å². The lowest BCUT2D eigenvalue weighted by Crippen LogP contribution is -2.51. The molecule has 1 aromatic heterocycles. The highest BCUT2D eigenvalue weighted by Gasteiger charge is 2.36. The average Bonchev–Trinajstić information content (AvgIpc) is 3.03. The second-order valence-electron chi connectivity index (χ2n) is 5.25. The summed E-state index contributed by atoms with van der Waals surface area (Å²) in [7, 11) is -3.23. The zero-order valence-corrected chi connectivity index (χ0v) is 13.2. The van der Waals surface area contributed by atoms with Gasteiger partial charge in [-0.1, -0.05) is 11.6 Å². The number of pyridine rings is 1. The van der Waals surface area contributed by atoms with Crippen LogP contribution < -0.4 is 4.90 Å². The van der Waals surface area contributed by atoms with Crippen LogP contribution >= 0.6 is 11.6 Å². The van der Waals surface area contributed by atoms with Gasteiger partial charge in [0.2, 0.25) is 10.0 Å². The first-order valence-corrected chi connectivity index (χ1v) is 8.89. The van der Waals surface area contributed by atoms with E-state index in [9.17, 15) is 8.42 Å². The number of sulfonamides is 1. The van der Waals surface area contributed by atoms with Crippen LogP contribution in [0.5, 0.6) is 0 Å². The molecule has 3 rings (SSSR count). The maximum Gasteiger partial charge on any atom is 0.219 e. The fourth-order valence-corrected chi connectivity index (χ4v) is 4.55. The Bertz CT molecular complexity index is 579. The number of piperazine rings is 1. The Morgan fingerprint density at radius 1 is 1.24 bits per heavy atom. The van der Waals surface area contributed by atoms with Crippen LogP contribution in [-0.4, -0.2) is 62.3 Å². The summed E-state index contributed by atoms with van der Waals surface area (Å²) in [5.41, 5.74) is 0. The first-order valence-electron chi connectivity index (χ1n) is 7.00. The van der Waals surface area contributed by atoms with E-state index in [4.69, 9.17) is 16.3 Å². The van der Waals surface area contributed by atoms with Crippen molar-refractivity contribution < 1.29 is 13.2 Å². The second kappa shape index (κ2) is 6.08. The Morgan fingerprint density at radius 3 is 2.57 bits per heavy atom. The Hall–Kier alpha value is -0.890. The quantitative estimate of drug-likeness (QED) is 0.826. The molecular formula is C13H18ClN3O3S. The molecule has 8 heteroatoms. The van der Waals surface area contributed by atoms with Gasteiger partial charge in [0.15, 0.2) is 0 Å². The zero-order chi connectivity index (χ0) is 14.9. The summed E-state index contributed by atoms with van der Waals surface area (Å²) in [4.78, 5) is 6.35. The van der Waals surface area contributed by atoms with Crippen molar-refractivity contribution in [2.75, 3.05) is 44.3 Å². The van der Waals surface area contributed by atoms with Gasteiger partial charge in [0.05, 0.1) is 11.6 Å². The van der Waals surface area contributed by atoms with Crippen molar-refractivity contribution in [3.63, 3.8) is 0 Å². The van der Waals surface area contributed by atoms with Crippen LogP contribution in [0, 0.1) is 0 Å². The number of hydrogen-bond acceptors (Lipinski definition) is 5. The Balaban J connectivity index is 1.63. The lowest BCUT2D eigenvalue weighted by atomic mass is 10.3. The van der Waals surface area contributed by atoms with Crippen molar-refractivity contribution in [1.82, 2.24) is 9.29 Å². The monoisotopic (exact) mass is 331 g/mol. The first-order chi connectivity index (χ1) is 10.1. The maximum absolute atomic E-state index is 12.5. The highest BCUT2D eigenvalue weighted by molar-refractivity contribution is 7.89. The fourth-order valence-electron chi connectivity index (χ4n) is 2.69. The molecule has 2 aliphatic heterocycles. The highest BCUT2D eigenvalue weighted by Crippen LogP contribution is 2.21. The molecule has 0 aromatic carbocycles. The summed E-state index contributed by atoms with van der Waals surface area (Å²) in [6.07, 6.45) is 2.21. The van der Waals surface area contributed by atoms with E-state index in [0.717, 1.165) is 5.82 Å². The third-order valence-electron chi connectivity index (χ3n) is 3.94.